The fourth-order valence-corrected chi connectivity index (χ4v) is 2.92. The molecule has 0 saturated carbocycles. The van der Waals surface area contributed by atoms with Crippen molar-refractivity contribution in [3.05, 3.63) is 36.0 Å². The number of anilines is 1. The van der Waals surface area contributed by atoms with Crippen molar-refractivity contribution < 1.29 is 13.9 Å². The second-order valence-corrected chi connectivity index (χ2v) is 6.83. The summed E-state index contributed by atoms with van der Waals surface area (Å²) < 4.78 is 10.8. The first kappa shape index (κ1) is 18.3. The summed E-state index contributed by atoms with van der Waals surface area (Å²) in [6.45, 7) is 6.03. The highest BCUT2D eigenvalue weighted by Crippen LogP contribution is 2.19. The molecule has 0 radical (unpaired) electrons. The van der Waals surface area contributed by atoms with Crippen LogP contribution in [0.3, 0.4) is 0 Å². The summed E-state index contributed by atoms with van der Waals surface area (Å²) in [6.07, 6.45) is 2.28. The van der Waals surface area contributed by atoms with Gasteiger partial charge in [0.05, 0.1) is 5.25 Å². The highest BCUT2D eigenvalue weighted by Gasteiger charge is 2.13. The quantitative estimate of drug-likeness (QED) is 0.694. The highest BCUT2D eigenvalue weighted by atomic mass is 32.2. The lowest BCUT2D eigenvalue weighted by Crippen LogP contribution is -2.22. The molecule has 0 fully saturated rings. The molecule has 0 spiro atoms. The average Bonchev–Trinajstić information content (AvgIpc) is 2.99. The van der Waals surface area contributed by atoms with Gasteiger partial charge in [0.15, 0.2) is 6.61 Å². The standard InChI is InChI=1S/C17H23N3O3S/c1-4-5-10-24-12(2)17(21)18-14-6-8-15(9-7-14)22-11-16-20-19-13(3)23-16/h6-9,12H,4-5,10-11H2,1-3H3,(H,18,21)/t12-/m0/s1. The minimum absolute atomic E-state index is 0.0195. The number of aryl methyl sites for hydroxylation is 1. The molecule has 7 heteroatoms. The third-order valence-electron chi connectivity index (χ3n) is 3.29. The Morgan fingerprint density at radius 3 is 2.71 bits per heavy atom. The van der Waals surface area contributed by atoms with Crippen LogP contribution in [0.4, 0.5) is 5.69 Å². The Morgan fingerprint density at radius 2 is 2.08 bits per heavy atom. The van der Waals surface area contributed by atoms with Crippen LogP contribution in [0, 0.1) is 6.92 Å². The second-order valence-electron chi connectivity index (χ2n) is 5.38. The molecule has 1 atom stereocenters. The summed E-state index contributed by atoms with van der Waals surface area (Å²) in [5.41, 5.74) is 0.754. The van der Waals surface area contributed by atoms with Crippen LogP contribution in [0.15, 0.2) is 28.7 Å². The largest absolute Gasteiger partial charge is 0.484 e. The third kappa shape index (κ3) is 5.88. The van der Waals surface area contributed by atoms with Gasteiger partial charge in [0.1, 0.15) is 5.75 Å². The molecule has 1 aromatic carbocycles. The number of amides is 1. The summed E-state index contributed by atoms with van der Waals surface area (Å²) in [5.74, 6) is 2.65. The molecule has 1 aromatic heterocycles. The molecule has 1 heterocycles. The maximum absolute atomic E-state index is 12.1. The number of hydrogen-bond donors (Lipinski definition) is 1. The number of nitrogens with one attached hydrogen (secondary N) is 1. The molecule has 2 aromatic rings. The van der Waals surface area contributed by atoms with Gasteiger partial charge in [0, 0.05) is 12.6 Å². The van der Waals surface area contributed by atoms with E-state index in [4.69, 9.17) is 9.15 Å². The number of ether oxygens (including phenoxy) is 1. The van der Waals surface area contributed by atoms with Crippen molar-refractivity contribution in [1.82, 2.24) is 10.2 Å². The Morgan fingerprint density at radius 1 is 1.33 bits per heavy atom. The molecule has 0 unspecified atom stereocenters. The van der Waals surface area contributed by atoms with Crippen molar-refractivity contribution in [3.8, 4) is 5.75 Å². The number of hydrogen-bond acceptors (Lipinski definition) is 6. The van der Waals surface area contributed by atoms with Gasteiger partial charge in [0.2, 0.25) is 11.8 Å². The van der Waals surface area contributed by atoms with Gasteiger partial charge in [-0.2, -0.15) is 0 Å². The minimum Gasteiger partial charge on any atom is -0.484 e. The molecule has 0 bridgehead atoms. The van der Waals surface area contributed by atoms with Crippen molar-refractivity contribution in [3.63, 3.8) is 0 Å². The predicted molar refractivity (Wildman–Crippen MR) is 95.3 cm³/mol. The lowest BCUT2D eigenvalue weighted by Gasteiger charge is -2.12. The van der Waals surface area contributed by atoms with Crippen LogP contribution in [0.1, 0.15) is 38.5 Å². The molecular weight excluding hydrogens is 326 g/mol. The SMILES string of the molecule is CCCCS[C@@H](C)C(=O)Nc1ccc(OCc2nnc(C)o2)cc1. The Bertz CT molecular complexity index is 643. The number of carbonyl (C=O) groups excluding carboxylic acids is 1. The first-order valence-corrected chi connectivity index (χ1v) is 9.07. The molecule has 1 amide bonds. The Balaban J connectivity index is 1.79. The van der Waals surface area contributed by atoms with Crippen LogP contribution >= 0.6 is 11.8 Å². The molecule has 2 rings (SSSR count). The van der Waals surface area contributed by atoms with Crippen LogP contribution in [-0.2, 0) is 11.4 Å². The van der Waals surface area contributed by atoms with Crippen molar-refractivity contribution in [2.75, 3.05) is 11.1 Å². The van der Waals surface area contributed by atoms with Gasteiger partial charge in [-0.3, -0.25) is 4.79 Å². The van der Waals surface area contributed by atoms with E-state index in [9.17, 15) is 4.79 Å². The van der Waals surface area contributed by atoms with Crippen LogP contribution in [-0.4, -0.2) is 27.1 Å². The van der Waals surface area contributed by atoms with E-state index in [-0.39, 0.29) is 17.8 Å². The van der Waals surface area contributed by atoms with Gasteiger partial charge < -0.3 is 14.5 Å². The highest BCUT2D eigenvalue weighted by molar-refractivity contribution is 8.00. The van der Waals surface area contributed by atoms with Crippen LogP contribution in [0.5, 0.6) is 5.75 Å². The molecule has 130 valence electrons. The van der Waals surface area contributed by atoms with E-state index in [1.807, 2.05) is 19.1 Å². The smallest absolute Gasteiger partial charge is 0.253 e. The summed E-state index contributed by atoms with van der Waals surface area (Å²) in [6, 6.07) is 7.23. The van der Waals surface area contributed by atoms with Gasteiger partial charge in [0.25, 0.3) is 5.89 Å². The lowest BCUT2D eigenvalue weighted by molar-refractivity contribution is -0.115. The van der Waals surface area contributed by atoms with E-state index in [1.54, 1.807) is 30.8 Å². The van der Waals surface area contributed by atoms with Gasteiger partial charge in [-0.25, -0.2) is 0 Å². The zero-order chi connectivity index (χ0) is 17.4. The van der Waals surface area contributed by atoms with E-state index in [1.165, 1.54) is 0 Å². The molecular formula is C17H23N3O3S. The van der Waals surface area contributed by atoms with Crippen molar-refractivity contribution >= 4 is 23.4 Å². The minimum atomic E-state index is -0.0618. The first-order valence-electron chi connectivity index (χ1n) is 8.02. The summed E-state index contributed by atoms with van der Waals surface area (Å²) in [4.78, 5) is 12.1. The topological polar surface area (TPSA) is 77.2 Å². The number of carbonyl (C=O) groups is 1. The fourth-order valence-electron chi connectivity index (χ4n) is 1.90. The van der Waals surface area contributed by atoms with Gasteiger partial charge >= 0.3 is 0 Å². The van der Waals surface area contributed by atoms with Gasteiger partial charge in [-0.15, -0.1) is 22.0 Å². The Kier molecular flexibility index (Phi) is 7.11. The van der Waals surface area contributed by atoms with Crippen LogP contribution in [0.25, 0.3) is 0 Å². The van der Waals surface area contributed by atoms with Crippen LogP contribution in [0.2, 0.25) is 0 Å². The maximum Gasteiger partial charge on any atom is 0.253 e. The van der Waals surface area contributed by atoms with E-state index >= 15 is 0 Å². The number of benzene rings is 1. The van der Waals surface area contributed by atoms with Crippen molar-refractivity contribution in [1.29, 1.82) is 0 Å². The Hall–Kier alpha value is -2.02. The van der Waals surface area contributed by atoms with Crippen molar-refractivity contribution in [2.24, 2.45) is 0 Å². The average molecular weight is 349 g/mol. The molecule has 0 aliphatic carbocycles. The Labute approximate surface area is 146 Å². The van der Waals surface area contributed by atoms with E-state index in [0.29, 0.717) is 17.5 Å². The van der Waals surface area contributed by atoms with E-state index in [2.05, 4.69) is 22.4 Å². The number of rotatable bonds is 9. The zero-order valence-corrected chi connectivity index (χ0v) is 15.1. The van der Waals surface area contributed by atoms with Gasteiger partial charge in [-0.05, 0) is 43.4 Å². The number of unbranched alkanes of at least 4 members (excludes halogenated alkanes) is 1. The van der Waals surface area contributed by atoms with Crippen LogP contribution < -0.4 is 10.1 Å². The third-order valence-corrected chi connectivity index (χ3v) is 4.53. The zero-order valence-electron chi connectivity index (χ0n) is 14.2. The molecule has 0 aliphatic heterocycles. The fraction of sp³-hybridized carbons (Fsp3) is 0.471. The predicted octanol–water partition coefficient (Wildman–Crippen LogP) is 3.82. The molecule has 24 heavy (non-hydrogen) atoms. The monoisotopic (exact) mass is 349 g/mol. The van der Waals surface area contributed by atoms with Gasteiger partial charge in [-0.1, -0.05) is 13.3 Å². The van der Waals surface area contributed by atoms with E-state index in [0.717, 1.165) is 24.3 Å². The molecule has 0 aliphatic rings. The number of nitrogens with zero attached hydrogens (tertiary/aromatic N) is 2. The number of aromatic nitrogens is 2. The summed E-state index contributed by atoms with van der Waals surface area (Å²) >= 11 is 1.68. The van der Waals surface area contributed by atoms with E-state index < -0.39 is 0 Å². The molecule has 1 N–H and O–H groups in total. The number of thioether (sulfide) groups is 1. The molecule has 6 nitrogen and oxygen atoms in total. The first-order chi connectivity index (χ1) is 11.6. The van der Waals surface area contributed by atoms with Crippen molar-refractivity contribution in [2.45, 2.75) is 45.5 Å². The maximum atomic E-state index is 12.1. The lowest BCUT2D eigenvalue weighted by atomic mass is 10.3. The molecule has 0 saturated heterocycles. The summed E-state index contributed by atoms with van der Waals surface area (Å²) in [5, 5.41) is 10.5. The second kappa shape index (κ2) is 9.32. The normalized spacial score (nSPS) is 12.0. The summed E-state index contributed by atoms with van der Waals surface area (Å²) in [7, 11) is 0.